The minimum atomic E-state index is -0.0131. The molecule has 3 nitrogen and oxygen atoms in total. The summed E-state index contributed by atoms with van der Waals surface area (Å²) in [5, 5.41) is 2.87. The summed E-state index contributed by atoms with van der Waals surface area (Å²) in [5.41, 5.74) is 2.50. The Balaban J connectivity index is 2.22. The van der Waals surface area contributed by atoms with E-state index < -0.39 is 0 Å². The van der Waals surface area contributed by atoms with Crippen LogP contribution >= 0.6 is 22.9 Å². The third-order valence-electron chi connectivity index (χ3n) is 2.05. The summed E-state index contributed by atoms with van der Waals surface area (Å²) >= 11 is 6.93. The molecule has 0 aliphatic carbocycles. The van der Waals surface area contributed by atoms with Gasteiger partial charge in [0.05, 0.1) is 11.2 Å². The maximum Gasteiger partial charge on any atom is 0.263 e. The van der Waals surface area contributed by atoms with Crippen molar-refractivity contribution in [2.75, 3.05) is 12.4 Å². The fraction of sp³-hybridized carbons (Fsp3) is 0.600. The van der Waals surface area contributed by atoms with Crippen molar-refractivity contribution in [3.63, 3.8) is 0 Å². The normalized spacial score (nSPS) is 10.3. The number of hydrogen-bond donors (Lipinski definition) is 1. The molecular formula is C10H15ClN2OS. The highest BCUT2D eigenvalue weighted by molar-refractivity contribution is 7.11. The molecule has 0 atom stereocenters. The first-order valence-corrected chi connectivity index (χ1v) is 6.41. The average molecular weight is 247 g/mol. The van der Waals surface area contributed by atoms with E-state index in [-0.39, 0.29) is 5.91 Å². The van der Waals surface area contributed by atoms with Crippen LogP contribution < -0.4 is 5.32 Å². The Morgan fingerprint density at radius 2 is 2.33 bits per heavy atom. The molecular weight excluding hydrogens is 232 g/mol. The molecule has 1 amide bonds. The zero-order valence-corrected chi connectivity index (χ0v) is 10.3. The SMILES string of the molecule is Cc1ncsc1C(=O)NCCCCCCl. The first-order valence-electron chi connectivity index (χ1n) is 5.00. The zero-order chi connectivity index (χ0) is 11.1. The molecule has 0 bridgehead atoms. The Morgan fingerprint density at radius 1 is 1.53 bits per heavy atom. The summed E-state index contributed by atoms with van der Waals surface area (Å²) in [6, 6.07) is 0. The van der Waals surface area contributed by atoms with Crippen molar-refractivity contribution in [3.05, 3.63) is 16.1 Å². The van der Waals surface area contributed by atoms with Gasteiger partial charge in [-0.3, -0.25) is 4.79 Å². The molecule has 0 fully saturated rings. The van der Waals surface area contributed by atoms with E-state index in [1.807, 2.05) is 6.92 Å². The van der Waals surface area contributed by atoms with E-state index in [2.05, 4.69) is 10.3 Å². The Morgan fingerprint density at radius 3 is 2.93 bits per heavy atom. The number of aryl methyl sites for hydroxylation is 1. The summed E-state index contributed by atoms with van der Waals surface area (Å²) < 4.78 is 0. The van der Waals surface area contributed by atoms with Gasteiger partial charge in [-0.05, 0) is 19.8 Å². The summed E-state index contributed by atoms with van der Waals surface area (Å²) in [6.07, 6.45) is 3.05. The van der Waals surface area contributed by atoms with E-state index in [0.717, 1.165) is 25.0 Å². The fourth-order valence-electron chi connectivity index (χ4n) is 1.20. The lowest BCUT2D eigenvalue weighted by molar-refractivity contribution is 0.0956. The summed E-state index contributed by atoms with van der Waals surface area (Å²) in [5.74, 6) is 0.683. The number of carbonyl (C=O) groups excluding carboxylic acids is 1. The van der Waals surface area contributed by atoms with Crippen LogP contribution in [0.15, 0.2) is 5.51 Å². The number of unbranched alkanes of at least 4 members (excludes halogenated alkanes) is 2. The molecule has 1 aromatic rings. The van der Waals surface area contributed by atoms with Crippen molar-refractivity contribution in [2.24, 2.45) is 0 Å². The van der Waals surface area contributed by atoms with Gasteiger partial charge in [-0.25, -0.2) is 4.98 Å². The number of nitrogens with zero attached hydrogens (tertiary/aromatic N) is 1. The summed E-state index contributed by atoms with van der Waals surface area (Å²) in [7, 11) is 0. The predicted molar refractivity (Wildman–Crippen MR) is 63.8 cm³/mol. The lowest BCUT2D eigenvalue weighted by Crippen LogP contribution is -2.24. The monoisotopic (exact) mass is 246 g/mol. The molecule has 0 aliphatic rings. The Bertz CT molecular complexity index is 314. The van der Waals surface area contributed by atoms with Crippen LogP contribution in [0.5, 0.6) is 0 Å². The van der Waals surface area contributed by atoms with Gasteiger partial charge in [0.2, 0.25) is 0 Å². The minimum Gasteiger partial charge on any atom is -0.351 e. The molecule has 1 N–H and O–H groups in total. The van der Waals surface area contributed by atoms with Crippen molar-refractivity contribution >= 4 is 28.8 Å². The second-order valence-corrected chi connectivity index (χ2v) is 4.51. The molecule has 0 spiro atoms. The number of aromatic nitrogens is 1. The van der Waals surface area contributed by atoms with Crippen LogP contribution in [0.2, 0.25) is 0 Å². The summed E-state index contributed by atoms with van der Waals surface area (Å²) in [4.78, 5) is 16.3. The Hall–Kier alpha value is -0.610. The third-order valence-corrected chi connectivity index (χ3v) is 3.24. The largest absolute Gasteiger partial charge is 0.351 e. The van der Waals surface area contributed by atoms with Crippen molar-refractivity contribution in [1.29, 1.82) is 0 Å². The van der Waals surface area contributed by atoms with E-state index in [1.54, 1.807) is 5.51 Å². The number of carbonyl (C=O) groups is 1. The van der Waals surface area contributed by atoms with Crippen LogP contribution in [0.4, 0.5) is 0 Å². The van der Waals surface area contributed by atoms with Gasteiger partial charge in [0.25, 0.3) is 5.91 Å². The van der Waals surface area contributed by atoms with Gasteiger partial charge in [0.15, 0.2) is 0 Å². The number of halogens is 1. The first kappa shape index (κ1) is 12.5. The molecule has 0 aromatic carbocycles. The molecule has 0 saturated heterocycles. The minimum absolute atomic E-state index is 0.0131. The number of rotatable bonds is 6. The van der Waals surface area contributed by atoms with Gasteiger partial charge in [0, 0.05) is 12.4 Å². The van der Waals surface area contributed by atoms with Crippen molar-refractivity contribution in [1.82, 2.24) is 10.3 Å². The molecule has 1 aromatic heterocycles. The Kier molecular flexibility index (Phi) is 5.65. The second-order valence-electron chi connectivity index (χ2n) is 3.27. The van der Waals surface area contributed by atoms with Crippen LogP contribution in [0.3, 0.4) is 0 Å². The molecule has 0 aliphatic heterocycles. The maximum absolute atomic E-state index is 11.6. The fourth-order valence-corrected chi connectivity index (χ4v) is 2.11. The molecule has 5 heteroatoms. The lowest BCUT2D eigenvalue weighted by atomic mass is 10.2. The van der Waals surface area contributed by atoms with E-state index in [9.17, 15) is 4.79 Å². The van der Waals surface area contributed by atoms with Gasteiger partial charge in [-0.15, -0.1) is 22.9 Å². The molecule has 15 heavy (non-hydrogen) atoms. The van der Waals surface area contributed by atoms with Crippen LogP contribution in [0.25, 0.3) is 0 Å². The van der Waals surface area contributed by atoms with E-state index in [0.29, 0.717) is 17.3 Å². The van der Waals surface area contributed by atoms with E-state index in [4.69, 9.17) is 11.6 Å². The summed E-state index contributed by atoms with van der Waals surface area (Å²) in [6.45, 7) is 2.56. The van der Waals surface area contributed by atoms with Gasteiger partial charge in [-0.2, -0.15) is 0 Å². The Labute approximate surface area is 98.9 Å². The predicted octanol–water partition coefficient (Wildman–Crippen LogP) is 2.59. The number of nitrogens with one attached hydrogen (secondary N) is 1. The van der Waals surface area contributed by atoms with Crippen molar-refractivity contribution < 1.29 is 4.79 Å². The highest BCUT2D eigenvalue weighted by Gasteiger charge is 2.10. The van der Waals surface area contributed by atoms with Crippen LogP contribution in [0, 0.1) is 6.92 Å². The van der Waals surface area contributed by atoms with Crippen molar-refractivity contribution in [2.45, 2.75) is 26.2 Å². The highest BCUT2D eigenvalue weighted by Crippen LogP contribution is 2.11. The van der Waals surface area contributed by atoms with Crippen LogP contribution in [0.1, 0.15) is 34.6 Å². The van der Waals surface area contributed by atoms with Gasteiger partial charge < -0.3 is 5.32 Å². The van der Waals surface area contributed by atoms with Gasteiger partial charge in [0.1, 0.15) is 4.88 Å². The number of alkyl halides is 1. The molecule has 0 saturated carbocycles. The molecule has 1 heterocycles. The zero-order valence-electron chi connectivity index (χ0n) is 8.75. The quantitative estimate of drug-likeness (QED) is 0.619. The van der Waals surface area contributed by atoms with Crippen LogP contribution in [-0.4, -0.2) is 23.3 Å². The molecule has 1 rings (SSSR count). The van der Waals surface area contributed by atoms with Crippen LogP contribution in [-0.2, 0) is 0 Å². The second kappa shape index (κ2) is 6.80. The smallest absolute Gasteiger partial charge is 0.263 e. The molecule has 84 valence electrons. The molecule has 0 radical (unpaired) electrons. The van der Waals surface area contributed by atoms with Crippen molar-refractivity contribution in [3.8, 4) is 0 Å². The van der Waals surface area contributed by atoms with Gasteiger partial charge >= 0.3 is 0 Å². The number of hydrogen-bond acceptors (Lipinski definition) is 3. The lowest BCUT2D eigenvalue weighted by Gasteiger charge is -2.03. The molecule has 0 unspecified atom stereocenters. The van der Waals surface area contributed by atoms with E-state index in [1.165, 1.54) is 11.3 Å². The van der Waals surface area contributed by atoms with Gasteiger partial charge in [-0.1, -0.05) is 6.42 Å². The highest BCUT2D eigenvalue weighted by atomic mass is 35.5. The topological polar surface area (TPSA) is 42.0 Å². The average Bonchev–Trinajstić information content (AvgIpc) is 2.64. The standard InChI is InChI=1S/C10H15ClN2OS/c1-8-9(15-7-13-8)10(14)12-6-4-2-3-5-11/h7H,2-6H2,1H3,(H,12,14). The van der Waals surface area contributed by atoms with E-state index >= 15 is 0 Å². The third kappa shape index (κ3) is 4.18. The maximum atomic E-state index is 11.6. The number of thiazole rings is 1. The number of amides is 1. The first-order chi connectivity index (χ1) is 7.25.